The number of methoxy groups -OCH3 is 1. The van der Waals surface area contributed by atoms with Crippen LogP contribution < -0.4 is 4.74 Å². The summed E-state index contributed by atoms with van der Waals surface area (Å²) >= 11 is 3.20. The molecule has 0 fully saturated rings. The standard InChI is InChI=1S/C15H12BrFO2/c1-19-11-7-5-10(6-8-11)9-14(18)15-12(16)3-2-4-13(15)17/h2-8H,9H2,1H3. The van der Waals surface area contributed by atoms with Gasteiger partial charge in [0.25, 0.3) is 0 Å². The smallest absolute Gasteiger partial charge is 0.171 e. The van der Waals surface area contributed by atoms with Gasteiger partial charge in [-0.15, -0.1) is 0 Å². The quantitative estimate of drug-likeness (QED) is 0.795. The van der Waals surface area contributed by atoms with Crippen LogP contribution in [0.5, 0.6) is 5.75 Å². The maximum absolute atomic E-state index is 13.7. The summed E-state index contributed by atoms with van der Waals surface area (Å²) < 4.78 is 19.2. The number of hydrogen-bond donors (Lipinski definition) is 0. The molecular weight excluding hydrogens is 311 g/mol. The maximum atomic E-state index is 13.7. The van der Waals surface area contributed by atoms with Crippen LogP contribution >= 0.6 is 15.9 Å². The summed E-state index contributed by atoms with van der Waals surface area (Å²) in [6.07, 6.45) is 0.156. The van der Waals surface area contributed by atoms with E-state index in [1.165, 1.54) is 6.07 Å². The first-order valence-corrected chi connectivity index (χ1v) is 6.51. The predicted molar refractivity (Wildman–Crippen MR) is 75.1 cm³/mol. The molecule has 0 amide bonds. The number of carbonyl (C=O) groups is 1. The van der Waals surface area contributed by atoms with E-state index in [1.807, 2.05) is 0 Å². The molecule has 0 bridgehead atoms. The zero-order chi connectivity index (χ0) is 13.8. The Balaban J connectivity index is 2.21. The van der Waals surface area contributed by atoms with E-state index in [0.717, 1.165) is 11.3 Å². The second-order valence-corrected chi connectivity index (χ2v) is 4.90. The Labute approximate surface area is 119 Å². The van der Waals surface area contributed by atoms with Crippen LogP contribution in [0.25, 0.3) is 0 Å². The second kappa shape index (κ2) is 5.97. The van der Waals surface area contributed by atoms with Gasteiger partial charge in [-0.25, -0.2) is 4.39 Å². The molecule has 0 N–H and O–H groups in total. The lowest BCUT2D eigenvalue weighted by Gasteiger charge is -2.06. The van der Waals surface area contributed by atoms with Crippen molar-refractivity contribution in [3.8, 4) is 5.75 Å². The molecule has 0 aliphatic carbocycles. The predicted octanol–water partition coefficient (Wildman–Crippen LogP) is 4.02. The van der Waals surface area contributed by atoms with E-state index in [0.29, 0.717) is 4.47 Å². The second-order valence-electron chi connectivity index (χ2n) is 4.04. The average Bonchev–Trinajstić information content (AvgIpc) is 2.39. The molecule has 2 nitrogen and oxygen atoms in total. The first kappa shape index (κ1) is 13.7. The molecule has 0 atom stereocenters. The molecule has 0 heterocycles. The minimum atomic E-state index is -0.507. The van der Waals surface area contributed by atoms with Gasteiger partial charge in [0.2, 0.25) is 0 Å². The Morgan fingerprint density at radius 2 is 1.89 bits per heavy atom. The molecule has 0 radical (unpaired) electrons. The molecule has 0 saturated carbocycles. The summed E-state index contributed by atoms with van der Waals surface area (Å²) in [7, 11) is 1.58. The third kappa shape index (κ3) is 3.20. The zero-order valence-corrected chi connectivity index (χ0v) is 11.9. The maximum Gasteiger partial charge on any atom is 0.171 e. The highest BCUT2D eigenvalue weighted by Gasteiger charge is 2.15. The van der Waals surface area contributed by atoms with Crippen molar-refractivity contribution in [3.63, 3.8) is 0 Å². The van der Waals surface area contributed by atoms with E-state index < -0.39 is 5.82 Å². The van der Waals surface area contributed by atoms with Gasteiger partial charge in [0, 0.05) is 10.9 Å². The lowest BCUT2D eigenvalue weighted by atomic mass is 10.0. The summed E-state index contributed by atoms with van der Waals surface area (Å²) in [4.78, 5) is 12.1. The van der Waals surface area contributed by atoms with Crippen molar-refractivity contribution in [3.05, 3.63) is 63.9 Å². The van der Waals surface area contributed by atoms with Crippen molar-refractivity contribution >= 4 is 21.7 Å². The number of halogens is 2. The number of Topliss-reactive ketones (excluding diaryl/α,β-unsaturated/α-hetero) is 1. The van der Waals surface area contributed by atoms with Crippen LogP contribution in [0.3, 0.4) is 0 Å². The summed E-state index contributed by atoms with van der Waals surface area (Å²) in [6, 6.07) is 11.6. The normalized spacial score (nSPS) is 10.3. The monoisotopic (exact) mass is 322 g/mol. The van der Waals surface area contributed by atoms with Gasteiger partial charge in [-0.3, -0.25) is 4.79 Å². The summed E-state index contributed by atoms with van der Waals surface area (Å²) in [5.74, 6) is -0.0358. The van der Waals surface area contributed by atoms with Gasteiger partial charge >= 0.3 is 0 Å². The SMILES string of the molecule is COc1ccc(CC(=O)c2c(F)cccc2Br)cc1. The van der Waals surface area contributed by atoms with Crippen LogP contribution in [0, 0.1) is 5.82 Å². The molecule has 0 unspecified atom stereocenters. The number of ketones is 1. The molecule has 2 aromatic carbocycles. The fraction of sp³-hybridized carbons (Fsp3) is 0.133. The Hall–Kier alpha value is -1.68. The van der Waals surface area contributed by atoms with Crippen molar-refractivity contribution in [2.24, 2.45) is 0 Å². The van der Waals surface area contributed by atoms with E-state index in [2.05, 4.69) is 15.9 Å². The highest BCUT2D eigenvalue weighted by molar-refractivity contribution is 9.10. The zero-order valence-electron chi connectivity index (χ0n) is 10.3. The van der Waals surface area contributed by atoms with Crippen molar-refractivity contribution in [1.82, 2.24) is 0 Å². The number of rotatable bonds is 4. The molecular formula is C15H12BrFO2. The molecule has 2 aromatic rings. The largest absolute Gasteiger partial charge is 0.497 e. The van der Waals surface area contributed by atoms with Gasteiger partial charge in [0.15, 0.2) is 5.78 Å². The molecule has 0 aromatic heterocycles. The van der Waals surface area contributed by atoms with Crippen molar-refractivity contribution in [2.75, 3.05) is 7.11 Å². The Morgan fingerprint density at radius 1 is 1.21 bits per heavy atom. The summed E-state index contributed by atoms with van der Waals surface area (Å²) in [5, 5.41) is 0. The van der Waals surface area contributed by atoms with E-state index in [9.17, 15) is 9.18 Å². The van der Waals surface area contributed by atoms with E-state index >= 15 is 0 Å². The van der Waals surface area contributed by atoms with E-state index in [1.54, 1.807) is 43.5 Å². The summed E-state index contributed by atoms with van der Waals surface area (Å²) in [6.45, 7) is 0. The minimum absolute atomic E-state index is 0.0957. The third-order valence-electron chi connectivity index (χ3n) is 2.77. The first-order valence-electron chi connectivity index (χ1n) is 5.72. The van der Waals surface area contributed by atoms with Gasteiger partial charge in [-0.2, -0.15) is 0 Å². The summed E-state index contributed by atoms with van der Waals surface area (Å²) in [5.41, 5.74) is 0.916. The van der Waals surface area contributed by atoms with Crippen LogP contribution in [0.1, 0.15) is 15.9 Å². The van der Waals surface area contributed by atoms with Gasteiger partial charge < -0.3 is 4.74 Å². The van der Waals surface area contributed by atoms with E-state index in [-0.39, 0.29) is 17.8 Å². The fourth-order valence-electron chi connectivity index (χ4n) is 1.78. The fourth-order valence-corrected chi connectivity index (χ4v) is 2.34. The van der Waals surface area contributed by atoms with Crippen LogP contribution in [-0.4, -0.2) is 12.9 Å². The molecule has 19 heavy (non-hydrogen) atoms. The van der Waals surface area contributed by atoms with E-state index in [4.69, 9.17) is 4.74 Å². The minimum Gasteiger partial charge on any atom is -0.497 e. The molecule has 0 aliphatic rings. The van der Waals surface area contributed by atoms with Crippen molar-refractivity contribution < 1.29 is 13.9 Å². The Kier molecular flexibility index (Phi) is 4.32. The van der Waals surface area contributed by atoms with Crippen molar-refractivity contribution in [1.29, 1.82) is 0 Å². The molecule has 0 saturated heterocycles. The lowest BCUT2D eigenvalue weighted by Crippen LogP contribution is -2.07. The number of carbonyl (C=O) groups excluding carboxylic acids is 1. The number of benzene rings is 2. The van der Waals surface area contributed by atoms with Crippen LogP contribution in [-0.2, 0) is 6.42 Å². The molecule has 4 heteroatoms. The third-order valence-corrected chi connectivity index (χ3v) is 3.43. The molecule has 2 rings (SSSR count). The van der Waals surface area contributed by atoms with Crippen molar-refractivity contribution in [2.45, 2.75) is 6.42 Å². The van der Waals surface area contributed by atoms with Gasteiger partial charge in [0.1, 0.15) is 11.6 Å². The molecule has 98 valence electrons. The highest BCUT2D eigenvalue weighted by Crippen LogP contribution is 2.22. The van der Waals surface area contributed by atoms with Gasteiger partial charge in [-0.05, 0) is 45.8 Å². The molecule has 0 spiro atoms. The first-order chi connectivity index (χ1) is 9.11. The highest BCUT2D eigenvalue weighted by atomic mass is 79.9. The topological polar surface area (TPSA) is 26.3 Å². The number of hydrogen-bond acceptors (Lipinski definition) is 2. The molecule has 0 aliphatic heterocycles. The lowest BCUT2D eigenvalue weighted by molar-refractivity contribution is 0.0988. The average molecular weight is 323 g/mol. The number of ether oxygens (including phenoxy) is 1. The van der Waals surface area contributed by atoms with Gasteiger partial charge in [-0.1, -0.05) is 18.2 Å². The van der Waals surface area contributed by atoms with Crippen LogP contribution in [0.2, 0.25) is 0 Å². The Bertz CT molecular complexity index is 573. The Morgan fingerprint density at radius 3 is 2.47 bits per heavy atom. The van der Waals surface area contributed by atoms with Crippen LogP contribution in [0.4, 0.5) is 4.39 Å². The van der Waals surface area contributed by atoms with Crippen LogP contribution in [0.15, 0.2) is 46.9 Å². The van der Waals surface area contributed by atoms with Gasteiger partial charge in [0.05, 0.1) is 12.7 Å².